The molecular formula is C15H11Cl2N3O4. The standard InChI is InChI=1S/C15H11Cl2N3O4/c1-24-14-10(5-11(16)7-13(14)17)8-18-19-15(21)9-3-2-4-12(6-9)20(22)23/h2-8H,1H3,(H,19,21)/b18-8+. The van der Waals surface area contributed by atoms with Gasteiger partial charge in [0, 0.05) is 28.3 Å². The van der Waals surface area contributed by atoms with Gasteiger partial charge in [0.1, 0.15) is 5.75 Å². The van der Waals surface area contributed by atoms with Crippen molar-refractivity contribution in [3.05, 3.63) is 67.7 Å². The SMILES string of the molecule is COc1c(Cl)cc(Cl)cc1/C=N/NC(=O)c1cccc([N+](=O)[O-])c1. The monoisotopic (exact) mass is 367 g/mol. The second-order valence-corrected chi connectivity index (χ2v) is 5.36. The lowest BCUT2D eigenvalue weighted by molar-refractivity contribution is -0.384. The van der Waals surface area contributed by atoms with E-state index in [4.69, 9.17) is 27.9 Å². The number of rotatable bonds is 5. The molecule has 24 heavy (non-hydrogen) atoms. The predicted molar refractivity (Wildman–Crippen MR) is 91.2 cm³/mol. The van der Waals surface area contributed by atoms with E-state index in [1.807, 2.05) is 0 Å². The third-order valence-electron chi connectivity index (χ3n) is 2.93. The van der Waals surface area contributed by atoms with Crippen molar-refractivity contribution in [3.8, 4) is 5.75 Å². The zero-order valence-corrected chi connectivity index (χ0v) is 13.8. The first-order chi connectivity index (χ1) is 11.4. The van der Waals surface area contributed by atoms with Crippen LogP contribution in [-0.4, -0.2) is 24.2 Å². The molecule has 0 heterocycles. The quantitative estimate of drug-likeness (QED) is 0.495. The average Bonchev–Trinajstić information content (AvgIpc) is 2.54. The van der Waals surface area contributed by atoms with Crippen LogP contribution in [0.3, 0.4) is 0 Å². The zero-order chi connectivity index (χ0) is 17.7. The minimum Gasteiger partial charge on any atom is -0.495 e. The summed E-state index contributed by atoms with van der Waals surface area (Å²) in [6.07, 6.45) is 1.31. The second-order valence-electron chi connectivity index (χ2n) is 4.52. The number of benzene rings is 2. The molecule has 0 saturated heterocycles. The number of carbonyl (C=O) groups is 1. The van der Waals surface area contributed by atoms with Gasteiger partial charge in [-0.1, -0.05) is 29.3 Å². The minimum atomic E-state index is -0.595. The van der Waals surface area contributed by atoms with E-state index in [-0.39, 0.29) is 11.3 Å². The van der Waals surface area contributed by atoms with Crippen LogP contribution in [0, 0.1) is 10.1 Å². The first-order valence-electron chi connectivity index (χ1n) is 6.53. The molecule has 0 spiro atoms. The number of halogens is 2. The molecule has 9 heteroatoms. The molecule has 2 rings (SSSR count). The van der Waals surface area contributed by atoms with E-state index in [1.165, 1.54) is 37.6 Å². The van der Waals surface area contributed by atoms with Gasteiger partial charge in [-0.25, -0.2) is 5.43 Å². The largest absolute Gasteiger partial charge is 0.495 e. The summed E-state index contributed by atoms with van der Waals surface area (Å²) in [5.41, 5.74) is 2.66. The molecule has 0 unspecified atom stereocenters. The Labute approximate surface area is 147 Å². The Balaban J connectivity index is 2.16. The number of nitro benzene ring substituents is 1. The minimum absolute atomic E-state index is 0.109. The van der Waals surface area contributed by atoms with Crippen molar-refractivity contribution in [1.29, 1.82) is 0 Å². The molecule has 0 saturated carbocycles. The van der Waals surface area contributed by atoms with E-state index in [0.29, 0.717) is 21.4 Å². The molecule has 0 aliphatic rings. The number of amides is 1. The van der Waals surface area contributed by atoms with Crippen LogP contribution in [0.4, 0.5) is 5.69 Å². The highest BCUT2D eigenvalue weighted by Gasteiger charge is 2.11. The van der Waals surface area contributed by atoms with E-state index in [1.54, 1.807) is 6.07 Å². The first-order valence-corrected chi connectivity index (χ1v) is 7.29. The number of methoxy groups -OCH3 is 1. The Bertz CT molecular complexity index is 824. The Kier molecular flexibility index (Phi) is 5.73. The van der Waals surface area contributed by atoms with Crippen molar-refractivity contribution in [2.75, 3.05) is 7.11 Å². The highest BCUT2D eigenvalue weighted by molar-refractivity contribution is 6.36. The molecule has 0 atom stereocenters. The molecule has 1 amide bonds. The summed E-state index contributed by atoms with van der Waals surface area (Å²) in [4.78, 5) is 22.1. The third-order valence-corrected chi connectivity index (χ3v) is 3.43. The van der Waals surface area contributed by atoms with Gasteiger partial charge in [-0.2, -0.15) is 5.10 Å². The normalized spacial score (nSPS) is 10.6. The van der Waals surface area contributed by atoms with Crippen LogP contribution >= 0.6 is 23.2 Å². The van der Waals surface area contributed by atoms with E-state index in [0.717, 1.165) is 6.07 Å². The summed E-state index contributed by atoms with van der Waals surface area (Å²) < 4.78 is 5.15. The van der Waals surface area contributed by atoms with E-state index in [9.17, 15) is 14.9 Å². The molecule has 7 nitrogen and oxygen atoms in total. The number of carbonyl (C=O) groups excluding carboxylic acids is 1. The van der Waals surface area contributed by atoms with Gasteiger partial charge >= 0.3 is 0 Å². The number of hydrogen-bond donors (Lipinski definition) is 1. The predicted octanol–water partition coefficient (Wildman–Crippen LogP) is 3.67. The van der Waals surface area contributed by atoms with Crippen molar-refractivity contribution in [2.45, 2.75) is 0 Å². The third kappa shape index (κ3) is 4.21. The van der Waals surface area contributed by atoms with Crippen molar-refractivity contribution < 1.29 is 14.5 Å². The molecule has 0 aliphatic carbocycles. The fraction of sp³-hybridized carbons (Fsp3) is 0.0667. The van der Waals surface area contributed by atoms with Gasteiger partial charge in [0.15, 0.2) is 0 Å². The van der Waals surface area contributed by atoms with Gasteiger partial charge in [-0.15, -0.1) is 0 Å². The van der Waals surface area contributed by atoms with Crippen molar-refractivity contribution in [3.63, 3.8) is 0 Å². The van der Waals surface area contributed by atoms with Crippen LogP contribution in [0.5, 0.6) is 5.75 Å². The topological polar surface area (TPSA) is 93.8 Å². The zero-order valence-electron chi connectivity index (χ0n) is 12.3. The molecule has 0 aliphatic heterocycles. The first kappa shape index (κ1) is 17.7. The van der Waals surface area contributed by atoms with Gasteiger partial charge in [0.25, 0.3) is 11.6 Å². The van der Waals surface area contributed by atoms with Gasteiger partial charge in [-0.05, 0) is 18.2 Å². The highest BCUT2D eigenvalue weighted by atomic mass is 35.5. The maximum atomic E-state index is 12.0. The molecule has 2 aromatic carbocycles. The smallest absolute Gasteiger partial charge is 0.271 e. The molecule has 0 fully saturated rings. The molecule has 124 valence electrons. The second kappa shape index (κ2) is 7.76. The number of hydrogen-bond acceptors (Lipinski definition) is 5. The Morgan fingerprint density at radius 3 is 2.75 bits per heavy atom. The van der Waals surface area contributed by atoms with E-state index < -0.39 is 10.8 Å². The molecule has 0 bridgehead atoms. The highest BCUT2D eigenvalue weighted by Crippen LogP contribution is 2.31. The van der Waals surface area contributed by atoms with Gasteiger partial charge in [0.05, 0.1) is 23.3 Å². The molecule has 0 radical (unpaired) electrons. The summed E-state index contributed by atoms with van der Waals surface area (Å²) in [7, 11) is 1.44. The molecule has 2 aromatic rings. The van der Waals surface area contributed by atoms with E-state index in [2.05, 4.69) is 10.5 Å². The van der Waals surface area contributed by atoms with Crippen LogP contribution in [0.2, 0.25) is 10.0 Å². The Morgan fingerprint density at radius 2 is 2.08 bits per heavy atom. The Hall–Kier alpha value is -2.64. The summed E-state index contributed by atoms with van der Waals surface area (Å²) in [6, 6.07) is 8.38. The van der Waals surface area contributed by atoms with Crippen molar-refractivity contribution in [2.24, 2.45) is 5.10 Å². The number of non-ortho nitro benzene ring substituents is 1. The lowest BCUT2D eigenvalue weighted by Gasteiger charge is -2.07. The lowest BCUT2D eigenvalue weighted by atomic mass is 10.2. The van der Waals surface area contributed by atoms with Crippen molar-refractivity contribution >= 4 is 41.0 Å². The van der Waals surface area contributed by atoms with Gasteiger partial charge in [-0.3, -0.25) is 14.9 Å². The molecule has 0 aromatic heterocycles. The summed E-state index contributed by atoms with van der Waals surface area (Å²) in [5, 5.41) is 15.2. The van der Waals surface area contributed by atoms with Crippen LogP contribution in [0.15, 0.2) is 41.5 Å². The number of nitrogens with one attached hydrogen (secondary N) is 1. The number of hydrazone groups is 1. The van der Waals surface area contributed by atoms with Gasteiger partial charge in [0.2, 0.25) is 0 Å². The number of nitrogens with zero attached hydrogens (tertiary/aromatic N) is 2. The lowest BCUT2D eigenvalue weighted by Crippen LogP contribution is -2.17. The maximum absolute atomic E-state index is 12.0. The summed E-state index contributed by atoms with van der Waals surface area (Å²) in [6.45, 7) is 0. The molecule has 1 N–H and O–H groups in total. The van der Waals surface area contributed by atoms with Crippen LogP contribution in [-0.2, 0) is 0 Å². The number of nitro groups is 1. The van der Waals surface area contributed by atoms with Crippen LogP contribution in [0.1, 0.15) is 15.9 Å². The van der Waals surface area contributed by atoms with Crippen LogP contribution in [0.25, 0.3) is 0 Å². The fourth-order valence-electron chi connectivity index (χ4n) is 1.88. The fourth-order valence-corrected chi connectivity index (χ4v) is 2.46. The van der Waals surface area contributed by atoms with Crippen molar-refractivity contribution in [1.82, 2.24) is 5.43 Å². The Morgan fingerprint density at radius 1 is 1.33 bits per heavy atom. The summed E-state index contributed by atoms with van der Waals surface area (Å²) in [5.74, 6) is -0.239. The van der Waals surface area contributed by atoms with Crippen LogP contribution < -0.4 is 10.2 Å². The van der Waals surface area contributed by atoms with E-state index >= 15 is 0 Å². The molecular weight excluding hydrogens is 357 g/mol. The summed E-state index contributed by atoms with van der Waals surface area (Å²) >= 11 is 11.9. The average molecular weight is 368 g/mol. The maximum Gasteiger partial charge on any atom is 0.271 e. The van der Waals surface area contributed by atoms with Gasteiger partial charge < -0.3 is 4.74 Å². The number of ether oxygens (including phenoxy) is 1.